The summed E-state index contributed by atoms with van der Waals surface area (Å²) >= 11 is 5.94. The van der Waals surface area contributed by atoms with Crippen molar-refractivity contribution < 1.29 is 22.7 Å². The Morgan fingerprint density at radius 3 is 2.28 bits per heavy atom. The minimum absolute atomic E-state index is 0.125. The Hall–Kier alpha value is -3.56. The molecular weight excluding hydrogens is 454 g/mol. The SMILES string of the molecule is Cc1cc(OCC(=O)NNC(=O)c2ccc(NS(=O)(=O)c3ccccc3)cc2)ccc1Cl. The van der Waals surface area contributed by atoms with Crippen molar-refractivity contribution in [3.8, 4) is 5.75 Å². The summed E-state index contributed by atoms with van der Waals surface area (Å²) < 4.78 is 32.5. The average Bonchev–Trinajstić information content (AvgIpc) is 2.79. The van der Waals surface area contributed by atoms with Crippen molar-refractivity contribution in [2.24, 2.45) is 0 Å². The number of nitrogens with one attached hydrogen (secondary N) is 3. The van der Waals surface area contributed by atoms with Crippen LogP contribution in [-0.4, -0.2) is 26.8 Å². The van der Waals surface area contributed by atoms with Gasteiger partial charge in [-0.25, -0.2) is 8.42 Å². The standard InChI is InChI=1S/C22H20ClN3O5S/c1-15-13-18(11-12-20(15)23)31-14-21(27)24-25-22(28)16-7-9-17(10-8-16)26-32(29,30)19-5-3-2-4-6-19/h2-13,26H,14H2,1H3,(H,24,27)(H,25,28). The van der Waals surface area contributed by atoms with Crippen molar-refractivity contribution in [1.29, 1.82) is 0 Å². The molecule has 0 atom stereocenters. The van der Waals surface area contributed by atoms with E-state index in [-0.39, 0.29) is 17.1 Å². The molecule has 0 saturated carbocycles. The molecule has 0 radical (unpaired) electrons. The summed E-state index contributed by atoms with van der Waals surface area (Å²) in [5.74, 6) is -0.654. The molecule has 0 heterocycles. The quantitative estimate of drug-likeness (QED) is 0.456. The van der Waals surface area contributed by atoms with E-state index in [9.17, 15) is 18.0 Å². The number of aryl methyl sites for hydroxylation is 1. The summed E-state index contributed by atoms with van der Waals surface area (Å²) in [6.45, 7) is 1.51. The van der Waals surface area contributed by atoms with E-state index in [1.807, 2.05) is 6.92 Å². The van der Waals surface area contributed by atoms with Crippen molar-refractivity contribution in [1.82, 2.24) is 10.9 Å². The predicted octanol–water partition coefficient (Wildman–Crippen LogP) is 3.29. The topological polar surface area (TPSA) is 114 Å². The van der Waals surface area contributed by atoms with E-state index >= 15 is 0 Å². The zero-order valence-electron chi connectivity index (χ0n) is 17.0. The molecule has 0 aromatic heterocycles. The van der Waals surface area contributed by atoms with Gasteiger partial charge in [-0.3, -0.25) is 25.2 Å². The number of sulfonamides is 1. The van der Waals surface area contributed by atoms with Crippen LogP contribution in [0.2, 0.25) is 5.02 Å². The molecule has 0 saturated heterocycles. The van der Waals surface area contributed by atoms with Crippen molar-refractivity contribution in [2.45, 2.75) is 11.8 Å². The van der Waals surface area contributed by atoms with Gasteiger partial charge >= 0.3 is 0 Å². The fourth-order valence-corrected chi connectivity index (χ4v) is 3.79. The molecule has 0 aliphatic carbocycles. The largest absolute Gasteiger partial charge is 0.484 e. The number of ether oxygens (including phenoxy) is 1. The maximum atomic E-state index is 12.3. The molecule has 0 bridgehead atoms. The molecule has 2 amide bonds. The van der Waals surface area contributed by atoms with Gasteiger partial charge in [0, 0.05) is 16.3 Å². The zero-order chi connectivity index (χ0) is 23.1. The van der Waals surface area contributed by atoms with Gasteiger partial charge in [0.05, 0.1) is 4.90 Å². The van der Waals surface area contributed by atoms with Gasteiger partial charge in [0.1, 0.15) is 5.75 Å². The van der Waals surface area contributed by atoms with Gasteiger partial charge in [0.2, 0.25) is 0 Å². The predicted molar refractivity (Wildman–Crippen MR) is 121 cm³/mol. The van der Waals surface area contributed by atoms with Crippen molar-refractivity contribution >= 4 is 39.1 Å². The molecule has 166 valence electrons. The first-order valence-electron chi connectivity index (χ1n) is 9.41. The molecule has 10 heteroatoms. The molecule has 3 aromatic carbocycles. The van der Waals surface area contributed by atoms with Crippen LogP contribution in [0, 0.1) is 6.92 Å². The van der Waals surface area contributed by atoms with Gasteiger partial charge in [0.25, 0.3) is 21.8 Å². The number of halogens is 1. The number of hydrogen-bond donors (Lipinski definition) is 3. The van der Waals surface area contributed by atoms with Gasteiger partial charge in [-0.05, 0) is 67.1 Å². The van der Waals surface area contributed by atoms with Crippen LogP contribution in [-0.2, 0) is 14.8 Å². The van der Waals surface area contributed by atoms with Gasteiger partial charge in [0.15, 0.2) is 6.61 Å². The van der Waals surface area contributed by atoms with Crippen molar-refractivity contribution in [2.75, 3.05) is 11.3 Å². The Balaban J connectivity index is 1.50. The number of anilines is 1. The summed E-state index contributed by atoms with van der Waals surface area (Å²) in [5.41, 5.74) is 5.85. The van der Waals surface area contributed by atoms with Gasteiger partial charge < -0.3 is 4.74 Å². The number of rotatable bonds is 7. The molecule has 0 fully saturated rings. The third kappa shape index (κ3) is 6.22. The van der Waals surface area contributed by atoms with Crippen LogP contribution in [0.15, 0.2) is 77.7 Å². The van der Waals surface area contributed by atoms with E-state index in [0.29, 0.717) is 16.5 Å². The van der Waals surface area contributed by atoms with Crippen LogP contribution in [0.1, 0.15) is 15.9 Å². The minimum Gasteiger partial charge on any atom is -0.484 e. The fourth-order valence-electron chi connectivity index (χ4n) is 2.59. The Morgan fingerprint density at radius 2 is 1.62 bits per heavy atom. The Morgan fingerprint density at radius 1 is 0.938 bits per heavy atom. The number of carbonyl (C=O) groups is 2. The third-order valence-corrected chi connectivity index (χ3v) is 6.09. The van der Waals surface area contributed by atoms with Crippen LogP contribution >= 0.6 is 11.6 Å². The summed E-state index contributed by atoms with van der Waals surface area (Å²) in [7, 11) is -3.73. The molecule has 3 rings (SSSR count). The van der Waals surface area contributed by atoms with E-state index in [1.165, 1.54) is 36.4 Å². The highest BCUT2D eigenvalue weighted by molar-refractivity contribution is 7.92. The number of benzene rings is 3. The zero-order valence-corrected chi connectivity index (χ0v) is 18.5. The molecule has 8 nitrogen and oxygen atoms in total. The lowest BCUT2D eigenvalue weighted by Crippen LogP contribution is -2.43. The number of hydrazine groups is 1. The molecule has 0 aliphatic heterocycles. The highest BCUT2D eigenvalue weighted by Crippen LogP contribution is 2.21. The van der Waals surface area contributed by atoms with Crippen LogP contribution in [0.3, 0.4) is 0 Å². The van der Waals surface area contributed by atoms with Crippen LogP contribution in [0.5, 0.6) is 5.75 Å². The van der Waals surface area contributed by atoms with E-state index in [1.54, 1.807) is 36.4 Å². The maximum absolute atomic E-state index is 12.3. The average molecular weight is 474 g/mol. The monoisotopic (exact) mass is 473 g/mol. The molecule has 32 heavy (non-hydrogen) atoms. The number of carbonyl (C=O) groups excluding carboxylic acids is 2. The molecule has 0 unspecified atom stereocenters. The van der Waals surface area contributed by atoms with Gasteiger partial charge in [-0.1, -0.05) is 29.8 Å². The lowest BCUT2D eigenvalue weighted by molar-refractivity contribution is -0.123. The normalized spacial score (nSPS) is 10.8. The van der Waals surface area contributed by atoms with Gasteiger partial charge in [-0.15, -0.1) is 0 Å². The molecule has 0 spiro atoms. The highest BCUT2D eigenvalue weighted by atomic mass is 35.5. The highest BCUT2D eigenvalue weighted by Gasteiger charge is 2.14. The summed E-state index contributed by atoms with van der Waals surface area (Å²) in [6, 6.07) is 18.7. The first kappa shape index (κ1) is 23.1. The van der Waals surface area contributed by atoms with Crippen molar-refractivity contribution in [3.63, 3.8) is 0 Å². The lowest BCUT2D eigenvalue weighted by Gasteiger charge is -2.11. The third-order valence-electron chi connectivity index (χ3n) is 4.27. The van der Waals surface area contributed by atoms with Crippen LogP contribution in [0.25, 0.3) is 0 Å². The van der Waals surface area contributed by atoms with E-state index in [2.05, 4.69) is 15.6 Å². The lowest BCUT2D eigenvalue weighted by atomic mass is 10.2. The summed E-state index contributed by atoms with van der Waals surface area (Å²) in [5, 5.41) is 0.591. The molecule has 3 N–H and O–H groups in total. The number of amides is 2. The second kappa shape index (κ2) is 10.2. The smallest absolute Gasteiger partial charge is 0.276 e. The van der Waals surface area contributed by atoms with E-state index < -0.39 is 21.8 Å². The summed E-state index contributed by atoms with van der Waals surface area (Å²) in [4.78, 5) is 24.2. The first-order chi connectivity index (χ1) is 15.2. The van der Waals surface area contributed by atoms with Gasteiger partial charge in [-0.2, -0.15) is 0 Å². The Bertz CT molecular complexity index is 1220. The van der Waals surface area contributed by atoms with E-state index in [4.69, 9.17) is 16.3 Å². The van der Waals surface area contributed by atoms with Crippen molar-refractivity contribution in [3.05, 3.63) is 88.9 Å². The second-order valence-corrected chi connectivity index (χ2v) is 8.79. The van der Waals surface area contributed by atoms with Crippen LogP contribution in [0.4, 0.5) is 5.69 Å². The second-order valence-electron chi connectivity index (χ2n) is 6.70. The Kier molecular flexibility index (Phi) is 7.34. The maximum Gasteiger partial charge on any atom is 0.276 e. The molecule has 3 aromatic rings. The Labute approximate surface area is 190 Å². The number of hydrogen-bond acceptors (Lipinski definition) is 5. The minimum atomic E-state index is -3.73. The van der Waals surface area contributed by atoms with Crippen LogP contribution < -0.4 is 20.3 Å². The molecular formula is C22H20ClN3O5S. The summed E-state index contributed by atoms with van der Waals surface area (Å²) in [6.07, 6.45) is 0. The molecule has 0 aliphatic rings. The van der Waals surface area contributed by atoms with E-state index in [0.717, 1.165) is 5.56 Å². The fraction of sp³-hybridized carbons (Fsp3) is 0.0909. The first-order valence-corrected chi connectivity index (χ1v) is 11.3.